The second kappa shape index (κ2) is 11.9. The number of piperidine rings is 2. The van der Waals surface area contributed by atoms with E-state index in [2.05, 4.69) is 67.4 Å². The molecule has 2 aliphatic heterocycles. The number of carbonyl (C=O) groups excluding carboxylic acids is 1. The van der Waals surface area contributed by atoms with Gasteiger partial charge in [-0.25, -0.2) is 4.79 Å². The lowest BCUT2D eigenvalue weighted by molar-refractivity contribution is 0.158. The number of hydrogen-bond acceptors (Lipinski definition) is 3. The highest BCUT2D eigenvalue weighted by Gasteiger charge is 2.28. The molecular formula is C30H43N3O2. The van der Waals surface area contributed by atoms with Gasteiger partial charge in [0, 0.05) is 19.1 Å². The molecule has 0 radical (unpaired) electrons. The van der Waals surface area contributed by atoms with E-state index in [1.165, 1.54) is 23.1 Å². The fourth-order valence-electron chi connectivity index (χ4n) is 5.65. The molecule has 2 heterocycles. The van der Waals surface area contributed by atoms with Crippen LogP contribution in [0.4, 0.5) is 10.5 Å². The van der Waals surface area contributed by atoms with E-state index < -0.39 is 0 Å². The van der Waals surface area contributed by atoms with Crippen molar-refractivity contribution < 1.29 is 9.53 Å². The summed E-state index contributed by atoms with van der Waals surface area (Å²) in [5, 5.41) is 3.29. The maximum atomic E-state index is 13.4. The minimum Gasteiger partial charge on any atom is -0.492 e. The Labute approximate surface area is 211 Å². The normalized spacial score (nSPS) is 18.9. The van der Waals surface area contributed by atoms with E-state index in [9.17, 15) is 4.79 Å². The van der Waals surface area contributed by atoms with E-state index in [1.807, 2.05) is 17.9 Å². The number of para-hydroxylation sites is 1. The standard InChI is InChI=1S/C30H43N3O2/c1-5-23(4)32-18-16-26(17-19-32)27-8-7-9-28(35-6-2)29(27)31-30(34)33-20-14-25(15-21-33)24-12-10-22(3)11-13-24/h7-13,23,25-26H,5-6,14-21H2,1-4H3,(H,31,34). The van der Waals surface area contributed by atoms with E-state index in [-0.39, 0.29) is 6.03 Å². The summed E-state index contributed by atoms with van der Waals surface area (Å²) in [7, 11) is 0. The molecule has 5 nitrogen and oxygen atoms in total. The van der Waals surface area contributed by atoms with Crippen molar-refractivity contribution in [3.63, 3.8) is 0 Å². The predicted molar refractivity (Wildman–Crippen MR) is 145 cm³/mol. The number of likely N-dealkylation sites (tertiary alicyclic amines) is 2. The van der Waals surface area contributed by atoms with Gasteiger partial charge >= 0.3 is 6.03 Å². The SMILES string of the molecule is CCOc1cccc(C2CCN(C(C)CC)CC2)c1NC(=O)N1CCC(c2ccc(C)cc2)CC1. The van der Waals surface area contributed by atoms with Crippen LogP contribution in [0.25, 0.3) is 0 Å². The Kier molecular flexibility index (Phi) is 8.72. The zero-order valence-corrected chi connectivity index (χ0v) is 22.1. The molecule has 0 aliphatic carbocycles. The van der Waals surface area contributed by atoms with E-state index >= 15 is 0 Å². The molecule has 1 N–H and O–H groups in total. The van der Waals surface area contributed by atoms with Gasteiger partial charge < -0.3 is 19.9 Å². The highest BCUT2D eigenvalue weighted by Crippen LogP contribution is 2.39. The summed E-state index contributed by atoms with van der Waals surface area (Å²) >= 11 is 0. The maximum absolute atomic E-state index is 13.4. The largest absolute Gasteiger partial charge is 0.492 e. The molecule has 0 aromatic heterocycles. The van der Waals surface area contributed by atoms with E-state index in [0.29, 0.717) is 24.5 Å². The van der Waals surface area contributed by atoms with Crippen molar-refractivity contribution in [2.24, 2.45) is 0 Å². The number of carbonyl (C=O) groups is 1. The molecule has 5 heteroatoms. The van der Waals surface area contributed by atoms with Gasteiger partial charge in [0.15, 0.2) is 0 Å². The summed E-state index contributed by atoms with van der Waals surface area (Å²) in [6, 6.07) is 15.7. The summed E-state index contributed by atoms with van der Waals surface area (Å²) in [6.45, 7) is 13.1. The summed E-state index contributed by atoms with van der Waals surface area (Å²) in [5.41, 5.74) is 4.79. The first-order valence-corrected chi connectivity index (χ1v) is 13.6. The van der Waals surface area contributed by atoms with Gasteiger partial charge in [-0.05, 0) is 95.0 Å². The third-order valence-electron chi connectivity index (χ3n) is 8.10. The van der Waals surface area contributed by atoms with Crippen LogP contribution in [-0.4, -0.2) is 54.7 Å². The van der Waals surface area contributed by atoms with Gasteiger partial charge in [0.1, 0.15) is 5.75 Å². The number of anilines is 1. The highest BCUT2D eigenvalue weighted by atomic mass is 16.5. The number of rotatable bonds is 7. The quantitative estimate of drug-likeness (QED) is 0.478. The van der Waals surface area contributed by atoms with Gasteiger partial charge in [0.25, 0.3) is 0 Å². The molecule has 190 valence electrons. The second-order valence-electron chi connectivity index (χ2n) is 10.3. The number of amides is 2. The van der Waals surface area contributed by atoms with Crippen molar-refractivity contribution >= 4 is 11.7 Å². The third-order valence-corrected chi connectivity index (χ3v) is 8.10. The zero-order valence-electron chi connectivity index (χ0n) is 22.1. The fourth-order valence-corrected chi connectivity index (χ4v) is 5.65. The summed E-state index contributed by atoms with van der Waals surface area (Å²) in [4.78, 5) is 17.9. The van der Waals surface area contributed by atoms with Crippen LogP contribution in [0.2, 0.25) is 0 Å². The minimum atomic E-state index is -0.00204. The Morgan fingerprint density at radius 3 is 2.26 bits per heavy atom. The first-order chi connectivity index (χ1) is 17.0. The molecule has 1 atom stereocenters. The van der Waals surface area contributed by atoms with Crippen LogP contribution in [0, 0.1) is 6.92 Å². The minimum absolute atomic E-state index is 0.00204. The van der Waals surface area contributed by atoms with E-state index in [1.54, 1.807) is 0 Å². The molecule has 2 saturated heterocycles. The van der Waals surface area contributed by atoms with Crippen molar-refractivity contribution in [3.8, 4) is 5.75 Å². The van der Waals surface area contributed by atoms with E-state index in [0.717, 1.165) is 63.3 Å². The number of aryl methyl sites for hydroxylation is 1. The van der Waals surface area contributed by atoms with Crippen molar-refractivity contribution in [1.29, 1.82) is 0 Å². The fraction of sp³-hybridized carbons (Fsp3) is 0.567. The molecule has 0 bridgehead atoms. The molecule has 4 rings (SSSR count). The number of ether oxygens (including phenoxy) is 1. The van der Waals surface area contributed by atoms with Crippen LogP contribution >= 0.6 is 0 Å². The molecule has 2 aliphatic rings. The molecule has 0 saturated carbocycles. The van der Waals surface area contributed by atoms with Crippen molar-refractivity contribution in [1.82, 2.24) is 9.80 Å². The van der Waals surface area contributed by atoms with Gasteiger partial charge in [-0.1, -0.05) is 48.9 Å². The Balaban J connectivity index is 1.43. The maximum Gasteiger partial charge on any atom is 0.321 e. The van der Waals surface area contributed by atoms with Gasteiger partial charge in [0.05, 0.1) is 12.3 Å². The molecule has 2 amide bonds. The smallest absolute Gasteiger partial charge is 0.321 e. The summed E-state index contributed by atoms with van der Waals surface area (Å²) in [5.74, 6) is 1.76. The monoisotopic (exact) mass is 477 g/mol. The number of hydrogen-bond donors (Lipinski definition) is 1. The predicted octanol–water partition coefficient (Wildman–Crippen LogP) is 6.78. The van der Waals surface area contributed by atoms with Crippen LogP contribution in [-0.2, 0) is 0 Å². The zero-order chi connectivity index (χ0) is 24.8. The molecule has 1 unspecified atom stereocenters. The van der Waals surface area contributed by atoms with Gasteiger partial charge in [0.2, 0.25) is 0 Å². The van der Waals surface area contributed by atoms with Gasteiger partial charge in [-0.3, -0.25) is 0 Å². The van der Waals surface area contributed by atoms with Gasteiger partial charge in [-0.15, -0.1) is 0 Å². The molecule has 2 aromatic rings. The molecule has 0 spiro atoms. The molecular weight excluding hydrogens is 434 g/mol. The van der Waals surface area contributed by atoms with Crippen LogP contribution in [0.15, 0.2) is 42.5 Å². The Bertz CT molecular complexity index is 958. The van der Waals surface area contributed by atoms with E-state index in [4.69, 9.17) is 4.74 Å². The molecule has 2 fully saturated rings. The Hall–Kier alpha value is -2.53. The summed E-state index contributed by atoms with van der Waals surface area (Å²) in [6.07, 6.45) is 5.43. The average Bonchev–Trinajstić information content (AvgIpc) is 2.90. The molecule has 2 aromatic carbocycles. The summed E-state index contributed by atoms with van der Waals surface area (Å²) < 4.78 is 5.97. The lowest BCUT2D eigenvalue weighted by Gasteiger charge is -2.37. The van der Waals surface area contributed by atoms with Crippen LogP contribution in [0.3, 0.4) is 0 Å². The average molecular weight is 478 g/mol. The Morgan fingerprint density at radius 2 is 1.63 bits per heavy atom. The van der Waals surface area contributed by atoms with Crippen molar-refractivity contribution in [2.45, 2.75) is 77.7 Å². The molecule has 35 heavy (non-hydrogen) atoms. The first kappa shape index (κ1) is 25.6. The van der Waals surface area contributed by atoms with Crippen molar-refractivity contribution in [2.75, 3.05) is 38.1 Å². The van der Waals surface area contributed by atoms with Gasteiger partial charge in [-0.2, -0.15) is 0 Å². The first-order valence-electron chi connectivity index (χ1n) is 13.6. The Morgan fingerprint density at radius 1 is 0.971 bits per heavy atom. The van der Waals surface area contributed by atoms with Crippen LogP contribution < -0.4 is 10.1 Å². The second-order valence-corrected chi connectivity index (χ2v) is 10.3. The highest BCUT2D eigenvalue weighted by molar-refractivity contribution is 5.92. The lowest BCUT2D eigenvalue weighted by atomic mass is 9.87. The number of nitrogens with zero attached hydrogens (tertiary/aromatic N) is 2. The third kappa shape index (κ3) is 6.19. The van der Waals surface area contributed by atoms with Crippen LogP contribution in [0.1, 0.15) is 81.4 Å². The number of nitrogens with one attached hydrogen (secondary N) is 1. The topological polar surface area (TPSA) is 44.8 Å². The van der Waals surface area contributed by atoms with Crippen LogP contribution in [0.5, 0.6) is 5.75 Å². The number of urea groups is 1. The lowest BCUT2D eigenvalue weighted by Crippen LogP contribution is -2.41. The number of benzene rings is 2. The van der Waals surface area contributed by atoms with Crippen molar-refractivity contribution in [3.05, 3.63) is 59.2 Å².